The first-order chi connectivity index (χ1) is 7.17. The first-order valence-electron chi connectivity index (χ1n) is 4.60. The number of hydrogen-bond donors (Lipinski definition) is 2. The van der Waals surface area contributed by atoms with Gasteiger partial charge in [0.05, 0.1) is 0 Å². The van der Waals surface area contributed by atoms with Crippen LogP contribution in [0.3, 0.4) is 0 Å². The molecule has 4 nitrogen and oxygen atoms in total. The summed E-state index contributed by atoms with van der Waals surface area (Å²) in [6, 6.07) is 6.76. The molecule has 0 aliphatic heterocycles. The van der Waals surface area contributed by atoms with E-state index in [-0.39, 0.29) is 0 Å². The van der Waals surface area contributed by atoms with Gasteiger partial charge in [0, 0.05) is 13.5 Å². The summed E-state index contributed by atoms with van der Waals surface area (Å²) in [5, 5.41) is 17.9. The van der Waals surface area contributed by atoms with Crippen molar-refractivity contribution < 1.29 is 19.6 Å². The number of carbonyl (C=O) groups is 1. The molecule has 0 aliphatic carbocycles. The largest absolute Gasteiger partial charge is 0.488 e. The molecule has 1 unspecified atom stereocenters. The molecule has 2 N–H and O–H groups in total. The Morgan fingerprint density at radius 3 is 2.80 bits per heavy atom. The van der Waals surface area contributed by atoms with E-state index in [2.05, 4.69) is 0 Å². The molecule has 1 aromatic carbocycles. The molecule has 0 heterocycles. The van der Waals surface area contributed by atoms with Crippen LogP contribution in [0.4, 0.5) is 0 Å². The Bertz CT molecular complexity index is 327. The highest BCUT2D eigenvalue weighted by Gasteiger charge is 2.12. The van der Waals surface area contributed by atoms with E-state index in [9.17, 15) is 4.79 Å². The lowest BCUT2D eigenvalue weighted by Crippen LogP contribution is -2.30. The molecule has 0 bridgehead atoms. The van der Waals surface area contributed by atoms with Gasteiger partial charge in [0.25, 0.3) is 0 Å². The van der Waals surface area contributed by atoms with E-state index in [1.807, 2.05) is 0 Å². The van der Waals surface area contributed by atoms with Gasteiger partial charge in [-0.3, -0.25) is 0 Å². The molecule has 0 radical (unpaired) electrons. The zero-order valence-electron chi connectivity index (χ0n) is 8.46. The van der Waals surface area contributed by atoms with Gasteiger partial charge in [-0.25, -0.2) is 0 Å². The van der Waals surface area contributed by atoms with Crippen LogP contribution in [0.15, 0.2) is 24.3 Å². The van der Waals surface area contributed by atoms with Gasteiger partial charge in [-0.15, -0.1) is 0 Å². The van der Waals surface area contributed by atoms with Crippen molar-refractivity contribution in [3.05, 3.63) is 29.8 Å². The van der Waals surface area contributed by atoms with Crippen molar-refractivity contribution in [2.45, 2.75) is 12.5 Å². The molecule has 0 saturated carbocycles. The maximum absolute atomic E-state index is 10.5. The highest BCUT2D eigenvalue weighted by Crippen LogP contribution is 2.03. The quantitative estimate of drug-likeness (QED) is 0.487. The minimum Gasteiger partial charge on any atom is -0.423 e. The van der Waals surface area contributed by atoms with Crippen molar-refractivity contribution in [1.82, 2.24) is 0 Å². The Balaban J connectivity index is 2.77. The minimum absolute atomic E-state index is 0.410. The summed E-state index contributed by atoms with van der Waals surface area (Å²) in [5.41, 5.74) is 1.24. The zero-order chi connectivity index (χ0) is 11.3. The molecular formula is C10H13BO4. The van der Waals surface area contributed by atoms with E-state index in [4.69, 9.17) is 14.8 Å². The van der Waals surface area contributed by atoms with Crippen molar-refractivity contribution >= 4 is 18.9 Å². The normalized spacial score (nSPS) is 12.2. The number of rotatable bonds is 5. The van der Waals surface area contributed by atoms with Gasteiger partial charge in [0.1, 0.15) is 12.4 Å². The third-order valence-corrected chi connectivity index (χ3v) is 2.14. The van der Waals surface area contributed by atoms with Crippen molar-refractivity contribution in [2.24, 2.45) is 0 Å². The Labute approximate surface area is 88.6 Å². The second-order valence-electron chi connectivity index (χ2n) is 3.23. The van der Waals surface area contributed by atoms with E-state index < -0.39 is 13.2 Å². The summed E-state index contributed by atoms with van der Waals surface area (Å²) in [6.45, 7) is 0. The van der Waals surface area contributed by atoms with E-state index in [1.54, 1.807) is 24.3 Å². The zero-order valence-corrected chi connectivity index (χ0v) is 8.46. The molecule has 1 atom stereocenters. The van der Waals surface area contributed by atoms with Gasteiger partial charge >= 0.3 is 7.12 Å². The van der Waals surface area contributed by atoms with Gasteiger partial charge in [0.15, 0.2) is 0 Å². The van der Waals surface area contributed by atoms with E-state index in [1.165, 1.54) is 7.11 Å². The van der Waals surface area contributed by atoms with Crippen LogP contribution >= 0.6 is 0 Å². The maximum Gasteiger partial charge on any atom is 0.488 e. The van der Waals surface area contributed by atoms with Crippen LogP contribution in [-0.4, -0.2) is 36.7 Å². The number of carbonyl (C=O) groups excluding carboxylic acids is 1. The lowest BCUT2D eigenvalue weighted by atomic mass is 9.79. The average Bonchev–Trinajstić information content (AvgIpc) is 2.26. The fourth-order valence-corrected chi connectivity index (χ4v) is 1.30. The van der Waals surface area contributed by atoms with Crippen LogP contribution in [0.5, 0.6) is 0 Å². The molecule has 0 aliphatic rings. The van der Waals surface area contributed by atoms with Crippen molar-refractivity contribution in [3.63, 3.8) is 0 Å². The summed E-state index contributed by atoms with van der Waals surface area (Å²) < 4.78 is 4.91. The third-order valence-electron chi connectivity index (χ3n) is 2.14. The lowest BCUT2D eigenvalue weighted by molar-refractivity contribution is -0.116. The molecular weight excluding hydrogens is 195 g/mol. The molecule has 0 amide bonds. The van der Waals surface area contributed by atoms with Crippen LogP contribution in [-0.2, 0) is 16.0 Å². The van der Waals surface area contributed by atoms with E-state index >= 15 is 0 Å². The number of ether oxygens (including phenoxy) is 1. The first kappa shape index (κ1) is 11.9. The van der Waals surface area contributed by atoms with Gasteiger partial charge in [-0.05, 0) is 11.0 Å². The smallest absolute Gasteiger partial charge is 0.423 e. The maximum atomic E-state index is 10.5. The predicted molar refractivity (Wildman–Crippen MR) is 56.8 cm³/mol. The van der Waals surface area contributed by atoms with E-state index in [0.29, 0.717) is 11.9 Å². The second kappa shape index (κ2) is 5.65. The van der Waals surface area contributed by atoms with Gasteiger partial charge in [-0.1, -0.05) is 24.3 Å². The van der Waals surface area contributed by atoms with Crippen LogP contribution in [0.25, 0.3) is 0 Å². The van der Waals surface area contributed by atoms with Crippen LogP contribution in [0.2, 0.25) is 0 Å². The molecule has 0 fully saturated rings. The van der Waals surface area contributed by atoms with E-state index in [0.717, 1.165) is 11.8 Å². The molecule has 5 heteroatoms. The first-order valence-corrected chi connectivity index (χ1v) is 4.60. The number of aldehydes is 1. The molecule has 15 heavy (non-hydrogen) atoms. The number of methoxy groups -OCH3 is 1. The number of hydrogen-bond acceptors (Lipinski definition) is 4. The highest BCUT2D eigenvalue weighted by atomic mass is 16.5. The fourth-order valence-electron chi connectivity index (χ4n) is 1.30. The Kier molecular flexibility index (Phi) is 4.49. The number of benzene rings is 1. The highest BCUT2D eigenvalue weighted by molar-refractivity contribution is 6.58. The Hall–Kier alpha value is -1.17. The SMILES string of the molecule is COC(C=O)Cc1cccc(B(O)O)c1. The minimum atomic E-state index is -1.48. The van der Waals surface area contributed by atoms with Crippen molar-refractivity contribution in [3.8, 4) is 0 Å². The fraction of sp³-hybridized carbons (Fsp3) is 0.300. The summed E-state index contributed by atoms with van der Waals surface area (Å²) >= 11 is 0. The third kappa shape index (κ3) is 3.47. The molecule has 1 rings (SSSR count). The monoisotopic (exact) mass is 208 g/mol. The molecule has 0 aromatic heterocycles. The summed E-state index contributed by atoms with van der Waals surface area (Å²) in [5.74, 6) is 0. The van der Waals surface area contributed by atoms with Crippen LogP contribution in [0.1, 0.15) is 5.56 Å². The Morgan fingerprint density at radius 2 is 2.27 bits per heavy atom. The lowest BCUT2D eigenvalue weighted by Gasteiger charge is -2.09. The van der Waals surface area contributed by atoms with Gasteiger partial charge < -0.3 is 19.6 Å². The van der Waals surface area contributed by atoms with Crippen LogP contribution in [0, 0.1) is 0 Å². The predicted octanol–water partition coefficient (Wildman–Crippen LogP) is -0.877. The molecule has 80 valence electrons. The van der Waals surface area contributed by atoms with Crippen LogP contribution < -0.4 is 5.46 Å². The molecule has 1 aromatic rings. The molecule has 0 spiro atoms. The van der Waals surface area contributed by atoms with Gasteiger partial charge in [0.2, 0.25) is 0 Å². The topological polar surface area (TPSA) is 66.8 Å². The summed E-state index contributed by atoms with van der Waals surface area (Å²) in [4.78, 5) is 10.5. The second-order valence-corrected chi connectivity index (χ2v) is 3.23. The summed E-state index contributed by atoms with van der Waals surface area (Å²) in [6.07, 6.45) is 0.666. The van der Waals surface area contributed by atoms with Crippen molar-refractivity contribution in [2.75, 3.05) is 7.11 Å². The summed E-state index contributed by atoms with van der Waals surface area (Å²) in [7, 11) is -0.0220. The van der Waals surface area contributed by atoms with Crippen molar-refractivity contribution in [1.29, 1.82) is 0 Å². The Morgan fingerprint density at radius 1 is 1.53 bits per heavy atom. The van der Waals surface area contributed by atoms with Gasteiger partial charge in [-0.2, -0.15) is 0 Å². The average molecular weight is 208 g/mol. The standard InChI is InChI=1S/C10H13BO4/c1-15-10(7-12)6-8-3-2-4-9(5-8)11(13)14/h2-5,7,10,13-14H,6H2,1H3. The molecule has 0 saturated heterocycles.